The molecule has 0 bridgehead atoms. The number of urea groups is 1. The maximum atomic E-state index is 12.7. The molecule has 0 aliphatic heterocycles. The van der Waals surface area contributed by atoms with Crippen LogP contribution in [0.2, 0.25) is 0 Å². The van der Waals surface area contributed by atoms with Crippen LogP contribution in [0.25, 0.3) is 0 Å². The van der Waals surface area contributed by atoms with Gasteiger partial charge in [0.25, 0.3) is 0 Å². The molecule has 0 radical (unpaired) electrons. The van der Waals surface area contributed by atoms with Gasteiger partial charge in [0.1, 0.15) is 0 Å². The third kappa shape index (κ3) is 7.08. The Morgan fingerprint density at radius 2 is 1.47 bits per heavy atom. The quantitative estimate of drug-likeness (QED) is 0.332. The van der Waals surface area contributed by atoms with E-state index in [1.54, 1.807) is 36.4 Å². The Kier molecular flexibility index (Phi) is 10.2. The van der Waals surface area contributed by atoms with Crippen molar-refractivity contribution in [3.8, 4) is 17.2 Å². The van der Waals surface area contributed by atoms with E-state index >= 15 is 0 Å². The standard InChI is InChI=1S/C24H32N2O6/c1-5-9-14-32-23(27)18-12-10-11-13-19(18)26-24(28)25-17-15-20(29-6-2)22(31-8-4)21(16-17)30-7-3/h10-13,15-16H,5-9,14H2,1-4H3,(H2,25,26,28). The third-order valence-electron chi connectivity index (χ3n) is 4.29. The van der Waals surface area contributed by atoms with E-state index in [1.165, 1.54) is 0 Å². The molecule has 2 aromatic carbocycles. The summed E-state index contributed by atoms with van der Waals surface area (Å²) in [5, 5.41) is 5.47. The number of carbonyl (C=O) groups is 2. The zero-order chi connectivity index (χ0) is 23.3. The summed E-state index contributed by atoms with van der Waals surface area (Å²) in [6, 6.07) is 9.52. The number of hydrogen-bond acceptors (Lipinski definition) is 6. The summed E-state index contributed by atoms with van der Waals surface area (Å²) >= 11 is 0. The molecule has 0 aliphatic rings. The van der Waals surface area contributed by atoms with Crippen molar-refractivity contribution in [2.75, 3.05) is 37.1 Å². The van der Waals surface area contributed by atoms with E-state index in [9.17, 15) is 9.59 Å². The summed E-state index contributed by atoms with van der Waals surface area (Å²) < 4.78 is 22.3. The molecule has 0 saturated heterocycles. The van der Waals surface area contributed by atoms with Crippen LogP contribution in [-0.4, -0.2) is 38.4 Å². The number of benzene rings is 2. The zero-order valence-corrected chi connectivity index (χ0v) is 19.2. The van der Waals surface area contributed by atoms with E-state index < -0.39 is 12.0 Å². The summed E-state index contributed by atoms with van der Waals surface area (Å²) in [5.41, 5.74) is 1.10. The Morgan fingerprint density at radius 3 is 2.06 bits per heavy atom. The van der Waals surface area contributed by atoms with Crippen molar-refractivity contribution < 1.29 is 28.5 Å². The molecule has 174 valence electrons. The average molecular weight is 445 g/mol. The van der Waals surface area contributed by atoms with Gasteiger partial charge in [0.15, 0.2) is 11.5 Å². The van der Waals surface area contributed by atoms with Gasteiger partial charge in [-0.3, -0.25) is 0 Å². The highest BCUT2D eigenvalue weighted by Crippen LogP contribution is 2.40. The van der Waals surface area contributed by atoms with E-state index in [0.717, 1.165) is 12.8 Å². The topological polar surface area (TPSA) is 95.1 Å². The molecule has 2 aromatic rings. The molecule has 2 amide bonds. The Hall–Kier alpha value is -3.42. The van der Waals surface area contributed by atoms with Crippen molar-refractivity contribution in [2.45, 2.75) is 40.5 Å². The first-order valence-electron chi connectivity index (χ1n) is 10.9. The van der Waals surface area contributed by atoms with Crippen LogP contribution in [0.5, 0.6) is 17.2 Å². The number of carbonyl (C=O) groups excluding carboxylic acids is 2. The number of hydrogen-bond donors (Lipinski definition) is 2. The first-order chi connectivity index (χ1) is 15.5. The Morgan fingerprint density at radius 1 is 0.844 bits per heavy atom. The second-order valence-corrected chi connectivity index (χ2v) is 6.71. The van der Waals surface area contributed by atoms with Crippen molar-refractivity contribution in [3.05, 3.63) is 42.0 Å². The van der Waals surface area contributed by atoms with Crippen LogP contribution in [0.15, 0.2) is 36.4 Å². The summed E-state index contributed by atoms with van der Waals surface area (Å²) in [5.74, 6) is 0.945. The molecule has 2 rings (SSSR count). The summed E-state index contributed by atoms with van der Waals surface area (Å²) in [4.78, 5) is 25.1. The third-order valence-corrected chi connectivity index (χ3v) is 4.29. The minimum Gasteiger partial charge on any atom is -0.490 e. The van der Waals surface area contributed by atoms with Gasteiger partial charge in [-0.1, -0.05) is 25.5 Å². The van der Waals surface area contributed by atoms with Gasteiger partial charge in [-0.2, -0.15) is 0 Å². The normalized spacial score (nSPS) is 10.2. The van der Waals surface area contributed by atoms with Crippen molar-refractivity contribution in [3.63, 3.8) is 0 Å². The first kappa shape index (κ1) is 24.8. The van der Waals surface area contributed by atoms with Crippen LogP contribution in [0.3, 0.4) is 0 Å². The van der Waals surface area contributed by atoms with Gasteiger partial charge in [0.05, 0.1) is 43.4 Å². The number of rotatable bonds is 12. The van der Waals surface area contributed by atoms with E-state index in [-0.39, 0.29) is 5.56 Å². The van der Waals surface area contributed by atoms with E-state index in [1.807, 2.05) is 27.7 Å². The van der Waals surface area contributed by atoms with Gasteiger partial charge in [-0.15, -0.1) is 0 Å². The summed E-state index contributed by atoms with van der Waals surface area (Å²) in [7, 11) is 0. The lowest BCUT2D eigenvalue weighted by molar-refractivity contribution is 0.0501. The molecule has 0 saturated carbocycles. The van der Waals surface area contributed by atoms with Gasteiger partial charge < -0.3 is 29.6 Å². The summed E-state index contributed by atoms with van der Waals surface area (Å²) in [6.07, 6.45) is 1.70. The Balaban J connectivity index is 2.20. The van der Waals surface area contributed by atoms with Crippen LogP contribution in [-0.2, 0) is 4.74 Å². The minimum absolute atomic E-state index is 0.287. The van der Waals surface area contributed by atoms with Gasteiger partial charge in [-0.25, -0.2) is 9.59 Å². The van der Waals surface area contributed by atoms with Crippen molar-refractivity contribution in [1.29, 1.82) is 0 Å². The predicted octanol–water partition coefficient (Wildman–Crippen LogP) is 5.48. The molecule has 0 fully saturated rings. The molecule has 0 atom stereocenters. The number of anilines is 2. The Labute approximate surface area is 189 Å². The van der Waals surface area contributed by atoms with E-state index in [2.05, 4.69) is 10.6 Å². The number of amides is 2. The second kappa shape index (κ2) is 13.1. The zero-order valence-electron chi connectivity index (χ0n) is 19.2. The molecule has 0 heterocycles. The largest absolute Gasteiger partial charge is 0.490 e. The molecular formula is C24H32N2O6. The SMILES string of the molecule is CCCCOC(=O)c1ccccc1NC(=O)Nc1cc(OCC)c(OCC)c(OCC)c1. The van der Waals surface area contributed by atoms with Crippen LogP contribution in [0.1, 0.15) is 50.9 Å². The highest BCUT2D eigenvalue weighted by molar-refractivity contribution is 6.05. The molecular weight excluding hydrogens is 412 g/mol. The second-order valence-electron chi connectivity index (χ2n) is 6.71. The van der Waals surface area contributed by atoms with E-state index in [0.29, 0.717) is 55.1 Å². The molecule has 0 spiro atoms. The maximum absolute atomic E-state index is 12.7. The fourth-order valence-corrected chi connectivity index (χ4v) is 2.90. The minimum atomic E-state index is -0.520. The average Bonchev–Trinajstić information content (AvgIpc) is 2.77. The Bertz CT molecular complexity index is 873. The van der Waals surface area contributed by atoms with Gasteiger partial charge in [-0.05, 0) is 39.3 Å². The van der Waals surface area contributed by atoms with Crippen LogP contribution in [0, 0.1) is 0 Å². The molecule has 8 nitrogen and oxygen atoms in total. The molecule has 0 unspecified atom stereocenters. The van der Waals surface area contributed by atoms with E-state index in [4.69, 9.17) is 18.9 Å². The van der Waals surface area contributed by atoms with Crippen LogP contribution >= 0.6 is 0 Å². The van der Waals surface area contributed by atoms with Crippen LogP contribution < -0.4 is 24.8 Å². The molecule has 8 heteroatoms. The highest BCUT2D eigenvalue weighted by Gasteiger charge is 2.18. The smallest absolute Gasteiger partial charge is 0.340 e. The van der Waals surface area contributed by atoms with Crippen molar-refractivity contribution in [1.82, 2.24) is 0 Å². The highest BCUT2D eigenvalue weighted by atomic mass is 16.5. The number of nitrogens with one attached hydrogen (secondary N) is 2. The van der Waals surface area contributed by atoms with Gasteiger partial charge >= 0.3 is 12.0 Å². The van der Waals surface area contributed by atoms with Crippen molar-refractivity contribution >= 4 is 23.4 Å². The summed E-state index contributed by atoms with van der Waals surface area (Å²) in [6.45, 7) is 9.24. The van der Waals surface area contributed by atoms with Crippen molar-refractivity contribution in [2.24, 2.45) is 0 Å². The molecule has 32 heavy (non-hydrogen) atoms. The fourth-order valence-electron chi connectivity index (χ4n) is 2.90. The lowest BCUT2D eigenvalue weighted by atomic mass is 10.2. The molecule has 2 N–H and O–H groups in total. The fraction of sp³-hybridized carbons (Fsp3) is 0.417. The molecule has 0 aliphatic carbocycles. The van der Waals surface area contributed by atoms with Gasteiger partial charge in [0, 0.05) is 12.1 Å². The van der Waals surface area contributed by atoms with Crippen LogP contribution in [0.4, 0.5) is 16.2 Å². The predicted molar refractivity (Wildman–Crippen MR) is 124 cm³/mol. The lowest BCUT2D eigenvalue weighted by Gasteiger charge is -2.18. The number of para-hydroxylation sites is 1. The van der Waals surface area contributed by atoms with Gasteiger partial charge in [0.2, 0.25) is 5.75 Å². The maximum Gasteiger partial charge on any atom is 0.340 e. The first-order valence-corrected chi connectivity index (χ1v) is 10.9. The monoisotopic (exact) mass is 444 g/mol. The number of unbranched alkanes of at least 4 members (excludes halogenated alkanes) is 1. The lowest BCUT2D eigenvalue weighted by Crippen LogP contribution is -2.21. The number of esters is 1. The number of ether oxygens (including phenoxy) is 4. The molecule has 0 aromatic heterocycles.